The summed E-state index contributed by atoms with van der Waals surface area (Å²) >= 11 is 0. The molecular formula is C26H23FN4O3. The maximum Gasteiger partial charge on any atom is 0.352 e. The van der Waals surface area contributed by atoms with Crippen molar-refractivity contribution in [1.29, 1.82) is 0 Å². The highest BCUT2D eigenvalue weighted by atomic mass is 19.1. The van der Waals surface area contributed by atoms with Crippen LogP contribution in [0.25, 0.3) is 5.69 Å². The summed E-state index contributed by atoms with van der Waals surface area (Å²) in [6, 6.07) is 21.5. The summed E-state index contributed by atoms with van der Waals surface area (Å²) in [5.74, 6) is -1.20. The fourth-order valence-corrected chi connectivity index (χ4v) is 3.63. The van der Waals surface area contributed by atoms with Gasteiger partial charge in [0.25, 0.3) is 11.5 Å². The van der Waals surface area contributed by atoms with Crippen LogP contribution in [0.3, 0.4) is 0 Å². The minimum atomic E-state index is -0.851. The van der Waals surface area contributed by atoms with Crippen LogP contribution in [0.5, 0.6) is 0 Å². The van der Waals surface area contributed by atoms with Gasteiger partial charge in [-0.2, -0.15) is 9.78 Å². The Labute approximate surface area is 195 Å². The highest BCUT2D eigenvalue weighted by Crippen LogP contribution is 2.12. The van der Waals surface area contributed by atoms with E-state index in [4.69, 9.17) is 0 Å². The lowest BCUT2D eigenvalue weighted by atomic mass is 10.1. The molecule has 3 aromatic carbocycles. The standard InChI is InChI=1S/C26H23FN4O3/c1-17-8-6-13-22(14-17)31-26(34)30(16-19-9-7-12-21(27)15-19)25(33)23(29-31)24(32)28-18(2)20-10-4-3-5-11-20/h3-15,18H,16H2,1-2H3,(H,28,32)/t18-/m1/s1. The Morgan fingerprint density at radius 2 is 1.74 bits per heavy atom. The van der Waals surface area contributed by atoms with E-state index in [2.05, 4.69) is 10.4 Å². The van der Waals surface area contributed by atoms with Gasteiger partial charge in [0.05, 0.1) is 18.3 Å². The second-order valence-corrected chi connectivity index (χ2v) is 8.01. The number of hydrogen-bond donors (Lipinski definition) is 1. The van der Waals surface area contributed by atoms with Crippen molar-refractivity contribution in [2.45, 2.75) is 26.4 Å². The van der Waals surface area contributed by atoms with Crippen LogP contribution in [0.2, 0.25) is 0 Å². The summed E-state index contributed by atoms with van der Waals surface area (Å²) in [7, 11) is 0. The third-order valence-electron chi connectivity index (χ3n) is 5.40. The molecule has 0 saturated heterocycles. The quantitative estimate of drug-likeness (QED) is 0.480. The van der Waals surface area contributed by atoms with Crippen LogP contribution < -0.4 is 16.6 Å². The monoisotopic (exact) mass is 458 g/mol. The Morgan fingerprint density at radius 1 is 1.00 bits per heavy atom. The largest absolute Gasteiger partial charge is 0.352 e. The van der Waals surface area contributed by atoms with Crippen molar-refractivity contribution in [2.75, 3.05) is 0 Å². The molecule has 1 N–H and O–H groups in total. The Morgan fingerprint density at radius 3 is 2.44 bits per heavy atom. The molecule has 0 bridgehead atoms. The molecule has 0 aliphatic carbocycles. The molecule has 4 rings (SSSR count). The van der Waals surface area contributed by atoms with Gasteiger partial charge in [0.15, 0.2) is 0 Å². The summed E-state index contributed by atoms with van der Waals surface area (Å²) in [5.41, 5.74) is 0.526. The average Bonchev–Trinajstić information content (AvgIpc) is 2.82. The fourth-order valence-electron chi connectivity index (χ4n) is 3.63. The molecule has 8 heteroatoms. The van der Waals surface area contributed by atoms with Gasteiger partial charge in [-0.25, -0.2) is 9.18 Å². The number of aryl methyl sites for hydroxylation is 1. The van der Waals surface area contributed by atoms with Crippen LogP contribution in [0.4, 0.5) is 4.39 Å². The lowest BCUT2D eigenvalue weighted by Crippen LogP contribution is -2.46. The van der Waals surface area contributed by atoms with Crippen molar-refractivity contribution in [3.63, 3.8) is 0 Å². The second-order valence-electron chi connectivity index (χ2n) is 8.01. The molecule has 0 aliphatic heterocycles. The van der Waals surface area contributed by atoms with Crippen molar-refractivity contribution in [3.8, 4) is 5.69 Å². The van der Waals surface area contributed by atoms with Gasteiger partial charge in [0.2, 0.25) is 5.69 Å². The molecular weight excluding hydrogens is 435 g/mol. The third kappa shape index (κ3) is 4.85. The van der Waals surface area contributed by atoms with Gasteiger partial charge in [-0.15, -0.1) is 0 Å². The third-order valence-corrected chi connectivity index (χ3v) is 5.40. The summed E-state index contributed by atoms with van der Waals surface area (Å²) in [5, 5.41) is 6.91. The molecule has 0 fully saturated rings. The van der Waals surface area contributed by atoms with E-state index in [1.807, 2.05) is 43.3 Å². The van der Waals surface area contributed by atoms with E-state index in [0.29, 0.717) is 11.3 Å². The van der Waals surface area contributed by atoms with Gasteiger partial charge in [0.1, 0.15) is 5.82 Å². The second kappa shape index (κ2) is 9.66. The molecule has 0 unspecified atom stereocenters. The number of hydrogen-bond acceptors (Lipinski definition) is 4. The smallest absolute Gasteiger partial charge is 0.344 e. The lowest BCUT2D eigenvalue weighted by Gasteiger charge is -2.16. The number of amides is 1. The molecule has 1 amide bonds. The van der Waals surface area contributed by atoms with Crippen LogP contribution in [-0.4, -0.2) is 20.3 Å². The molecule has 0 saturated carbocycles. The van der Waals surface area contributed by atoms with Gasteiger partial charge in [0, 0.05) is 0 Å². The zero-order valence-electron chi connectivity index (χ0n) is 18.7. The molecule has 34 heavy (non-hydrogen) atoms. The van der Waals surface area contributed by atoms with Crippen molar-refractivity contribution in [1.82, 2.24) is 19.7 Å². The zero-order valence-corrected chi connectivity index (χ0v) is 18.7. The van der Waals surface area contributed by atoms with Crippen molar-refractivity contribution in [3.05, 3.63) is 128 Å². The van der Waals surface area contributed by atoms with Crippen LogP contribution >= 0.6 is 0 Å². The topological polar surface area (TPSA) is 86.0 Å². The first-order valence-electron chi connectivity index (χ1n) is 10.7. The highest BCUT2D eigenvalue weighted by molar-refractivity contribution is 5.92. The van der Waals surface area contributed by atoms with E-state index in [-0.39, 0.29) is 6.54 Å². The molecule has 172 valence electrons. The number of carbonyl (C=O) groups is 1. The maximum atomic E-state index is 13.7. The van der Waals surface area contributed by atoms with Gasteiger partial charge in [-0.05, 0) is 54.8 Å². The van der Waals surface area contributed by atoms with Gasteiger partial charge >= 0.3 is 5.69 Å². The number of halogens is 1. The summed E-state index contributed by atoms with van der Waals surface area (Å²) in [4.78, 5) is 39.6. The number of rotatable bonds is 6. The summed E-state index contributed by atoms with van der Waals surface area (Å²) in [6.45, 7) is 3.43. The van der Waals surface area contributed by atoms with E-state index in [1.54, 1.807) is 31.2 Å². The van der Waals surface area contributed by atoms with E-state index >= 15 is 0 Å². The maximum absolute atomic E-state index is 13.7. The Balaban J connectivity index is 1.82. The first kappa shape index (κ1) is 22.8. The van der Waals surface area contributed by atoms with E-state index in [1.165, 1.54) is 18.2 Å². The summed E-state index contributed by atoms with van der Waals surface area (Å²) in [6.07, 6.45) is 0. The number of aromatic nitrogens is 3. The molecule has 0 spiro atoms. The molecule has 1 aromatic heterocycles. The lowest BCUT2D eigenvalue weighted by molar-refractivity contribution is 0.0930. The number of nitrogens with one attached hydrogen (secondary N) is 1. The summed E-state index contributed by atoms with van der Waals surface area (Å²) < 4.78 is 15.6. The Bertz CT molecular complexity index is 1460. The number of carbonyl (C=O) groups excluding carboxylic acids is 1. The predicted molar refractivity (Wildman–Crippen MR) is 127 cm³/mol. The van der Waals surface area contributed by atoms with Crippen LogP contribution in [0.1, 0.15) is 40.1 Å². The normalized spacial score (nSPS) is 11.7. The molecule has 1 atom stereocenters. The SMILES string of the molecule is Cc1cccc(-n2nc(C(=O)N[C@H](C)c3ccccc3)c(=O)n(Cc3cccc(F)c3)c2=O)c1. The van der Waals surface area contributed by atoms with Crippen LogP contribution in [0, 0.1) is 12.7 Å². The minimum Gasteiger partial charge on any atom is -0.344 e. The molecule has 7 nitrogen and oxygen atoms in total. The molecule has 0 radical (unpaired) electrons. The van der Waals surface area contributed by atoms with Crippen molar-refractivity contribution >= 4 is 5.91 Å². The van der Waals surface area contributed by atoms with Gasteiger partial charge in [-0.1, -0.05) is 54.6 Å². The molecule has 0 aliphatic rings. The van der Waals surface area contributed by atoms with E-state index < -0.39 is 34.7 Å². The first-order valence-corrected chi connectivity index (χ1v) is 10.7. The van der Waals surface area contributed by atoms with E-state index in [9.17, 15) is 18.8 Å². The average molecular weight is 458 g/mol. The van der Waals surface area contributed by atoms with Crippen molar-refractivity contribution in [2.24, 2.45) is 0 Å². The molecule has 1 heterocycles. The first-order chi connectivity index (χ1) is 16.3. The minimum absolute atomic E-state index is 0.210. The van der Waals surface area contributed by atoms with Crippen molar-refractivity contribution < 1.29 is 9.18 Å². The zero-order chi connectivity index (χ0) is 24.2. The van der Waals surface area contributed by atoms with E-state index in [0.717, 1.165) is 20.4 Å². The Hall–Kier alpha value is -4.33. The van der Waals surface area contributed by atoms with Gasteiger partial charge < -0.3 is 5.32 Å². The van der Waals surface area contributed by atoms with Crippen LogP contribution in [-0.2, 0) is 6.54 Å². The highest BCUT2D eigenvalue weighted by Gasteiger charge is 2.22. The van der Waals surface area contributed by atoms with Crippen LogP contribution in [0.15, 0.2) is 88.5 Å². The predicted octanol–water partition coefficient (Wildman–Crippen LogP) is 3.38. The fraction of sp³-hybridized carbons (Fsp3) is 0.154. The van der Waals surface area contributed by atoms with Gasteiger partial charge in [-0.3, -0.25) is 14.2 Å². The number of benzene rings is 3. The number of nitrogens with zero attached hydrogens (tertiary/aromatic N) is 3. The Kier molecular flexibility index (Phi) is 6.49. The molecule has 4 aromatic rings.